The molecule has 1 amide bonds. The second-order valence-corrected chi connectivity index (χ2v) is 5.33. The molecule has 3 rings (SSSR count). The van der Waals surface area contributed by atoms with Crippen LogP contribution in [0.3, 0.4) is 0 Å². The third-order valence-electron chi connectivity index (χ3n) is 3.93. The molecule has 5 heteroatoms. The van der Waals surface area contributed by atoms with Gasteiger partial charge in [0.05, 0.1) is 5.92 Å². The summed E-state index contributed by atoms with van der Waals surface area (Å²) in [4.78, 5) is 18.4. The molecule has 2 aromatic rings. The van der Waals surface area contributed by atoms with E-state index in [0.29, 0.717) is 24.7 Å². The number of rotatable bonds is 4. The average Bonchev–Trinajstić information content (AvgIpc) is 3.13. The van der Waals surface area contributed by atoms with Crippen LogP contribution in [0, 0.1) is 0 Å². The van der Waals surface area contributed by atoms with Crippen LogP contribution < -0.4 is 4.90 Å². The van der Waals surface area contributed by atoms with Crippen molar-refractivity contribution in [3.05, 3.63) is 41.5 Å². The van der Waals surface area contributed by atoms with E-state index < -0.39 is 0 Å². The van der Waals surface area contributed by atoms with Gasteiger partial charge in [-0.25, -0.2) is 0 Å². The minimum atomic E-state index is -0.00356. The first-order valence-electron chi connectivity index (χ1n) is 7.43. The molecule has 1 aliphatic rings. The van der Waals surface area contributed by atoms with Gasteiger partial charge in [0, 0.05) is 25.1 Å². The van der Waals surface area contributed by atoms with Crippen molar-refractivity contribution >= 4 is 11.6 Å². The number of anilines is 1. The summed E-state index contributed by atoms with van der Waals surface area (Å²) in [5.41, 5.74) is 2.21. The van der Waals surface area contributed by atoms with E-state index in [1.165, 1.54) is 5.56 Å². The Bertz CT molecular complexity index is 633. The Morgan fingerprint density at radius 1 is 1.24 bits per heavy atom. The number of hydrogen-bond acceptors (Lipinski definition) is 4. The van der Waals surface area contributed by atoms with Crippen molar-refractivity contribution in [3.8, 4) is 0 Å². The van der Waals surface area contributed by atoms with E-state index in [4.69, 9.17) is 4.52 Å². The van der Waals surface area contributed by atoms with E-state index in [1.54, 1.807) is 4.90 Å². The molecule has 1 saturated heterocycles. The smallest absolute Gasteiger partial charge is 0.232 e. The number of carbonyl (C=O) groups is 1. The lowest BCUT2D eigenvalue weighted by Crippen LogP contribution is -2.24. The monoisotopic (exact) mass is 285 g/mol. The fraction of sp³-hybridized carbons (Fsp3) is 0.438. The quantitative estimate of drug-likeness (QED) is 0.866. The number of nitrogens with zero attached hydrogens (tertiary/aromatic N) is 3. The van der Waals surface area contributed by atoms with E-state index in [2.05, 4.69) is 29.2 Å². The number of amides is 1. The molecular formula is C16H19N3O2. The summed E-state index contributed by atoms with van der Waals surface area (Å²) in [5, 5.41) is 3.91. The molecule has 0 aliphatic carbocycles. The fourth-order valence-corrected chi connectivity index (χ4v) is 2.61. The Balaban J connectivity index is 1.77. The Hall–Kier alpha value is -2.17. The fourth-order valence-electron chi connectivity index (χ4n) is 2.61. The van der Waals surface area contributed by atoms with Crippen molar-refractivity contribution in [2.45, 2.75) is 39.0 Å². The summed E-state index contributed by atoms with van der Waals surface area (Å²) >= 11 is 0. The second-order valence-electron chi connectivity index (χ2n) is 5.33. The van der Waals surface area contributed by atoms with Crippen molar-refractivity contribution in [1.82, 2.24) is 10.1 Å². The highest BCUT2D eigenvalue weighted by atomic mass is 16.5. The maximum absolute atomic E-state index is 12.2. The molecule has 1 unspecified atom stereocenters. The lowest BCUT2D eigenvalue weighted by molar-refractivity contribution is -0.117. The van der Waals surface area contributed by atoms with E-state index in [0.717, 1.165) is 18.5 Å². The highest BCUT2D eigenvalue weighted by Crippen LogP contribution is 2.31. The van der Waals surface area contributed by atoms with Crippen LogP contribution in [0.25, 0.3) is 0 Å². The minimum absolute atomic E-state index is 0.00356. The first kappa shape index (κ1) is 13.8. The van der Waals surface area contributed by atoms with Crippen LogP contribution >= 0.6 is 0 Å². The van der Waals surface area contributed by atoms with Gasteiger partial charge >= 0.3 is 0 Å². The van der Waals surface area contributed by atoms with Crippen molar-refractivity contribution in [1.29, 1.82) is 0 Å². The van der Waals surface area contributed by atoms with Crippen LogP contribution in [-0.2, 0) is 17.6 Å². The maximum Gasteiger partial charge on any atom is 0.232 e. The Morgan fingerprint density at radius 2 is 2.00 bits per heavy atom. The number of carbonyl (C=O) groups excluding carboxylic acids is 1. The van der Waals surface area contributed by atoms with E-state index >= 15 is 0 Å². The third-order valence-corrected chi connectivity index (χ3v) is 3.93. The second kappa shape index (κ2) is 5.68. The molecule has 1 fully saturated rings. The summed E-state index contributed by atoms with van der Waals surface area (Å²) in [6.07, 6.45) is 2.17. The SMILES string of the molecule is CCc1ccc(N2CC(c3nc(CC)no3)CC2=O)cc1. The molecular weight excluding hydrogens is 266 g/mol. The molecule has 1 aliphatic heterocycles. The number of benzene rings is 1. The normalized spacial score (nSPS) is 18.5. The lowest BCUT2D eigenvalue weighted by atomic mass is 10.1. The standard InChI is InChI=1S/C16H19N3O2/c1-3-11-5-7-13(8-6-11)19-10-12(9-15(19)20)16-17-14(4-2)18-21-16/h5-8,12H,3-4,9-10H2,1-2H3. The first-order chi connectivity index (χ1) is 10.2. The number of aryl methyl sites for hydroxylation is 2. The summed E-state index contributed by atoms with van der Waals surface area (Å²) in [7, 11) is 0. The van der Waals surface area contributed by atoms with Gasteiger partial charge in [-0.3, -0.25) is 4.79 Å². The minimum Gasteiger partial charge on any atom is -0.339 e. The predicted molar refractivity (Wildman–Crippen MR) is 79.2 cm³/mol. The van der Waals surface area contributed by atoms with Crippen LogP contribution in [0.15, 0.2) is 28.8 Å². The molecule has 1 aromatic heterocycles. The summed E-state index contributed by atoms with van der Waals surface area (Å²) in [5.74, 6) is 1.38. The molecule has 0 bridgehead atoms. The topological polar surface area (TPSA) is 59.2 Å². The summed E-state index contributed by atoms with van der Waals surface area (Å²) < 4.78 is 5.27. The van der Waals surface area contributed by atoms with Crippen LogP contribution in [0.2, 0.25) is 0 Å². The molecule has 0 N–H and O–H groups in total. The van der Waals surface area contributed by atoms with Crippen LogP contribution in [0.5, 0.6) is 0 Å². The molecule has 21 heavy (non-hydrogen) atoms. The van der Waals surface area contributed by atoms with E-state index in [9.17, 15) is 4.79 Å². The summed E-state index contributed by atoms with van der Waals surface area (Å²) in [6.45, 7) is 4.71. The Kier molecular flexibility index (Phi) is 3.73. The van der Waals surface area contributed by atoms with Gasteiger partial charge < -0.3 is 9.42 Å². The molecule has 2 heterocycles. The molecule has 1 atom stereocenters. The predicted octanol–water partition coefficient (Wildman–Crippen LogP) is 2.71. The molecule has 0 spiro atoms. The van der Waals surface area contributed by atoms with Gasteiger partial charge in [0.15, 0.2) is 5.82 Å². The molecule has 1 aromatic carbocycles. The Labute approximate surface area is 124 Å². The van der Waals surface area contributed by atoms with Crippen molar-refractivity contribution in [2.24, 2.45) is 0 Å². The lowest BCUT2D eigenvalue weighted by Gasteiger charge is -2.16. The number of aromatic nitrogens is 2. The van der Waals surface area contributed by atoms with Gasteiger partial charge in [-0.1, -0.05) is 31.1 Å². The van der Waals surface area contributed by atoms with Gasteiger partial charge in [-0.15, -0.1) is 0 Å². The van der Waals surface area contributed by atoms with Gasteiger partial charge in [0.1, 0.15) is 0 Å². The number of hydrogen-bond donors (Lipinski definition) is 0. The van der Waals surface area contributed by atoms with Gasteiger partial charge in [-0.05, 0) is 24.1 Å². The molecule has 0 radical (unpaired) electrons. The van der Waals surface area contributed by atoms with Crippen LogP contribution in [0.1, 0.15) is 43.5 Å². The zero-order valence-corrected chi connectivity index (χ0v) is 12.4. The zero-order chi connectivity index (χ0) is 14.8. The largest absolute Gasteiger partial charge is 0.339 e. The average molecular weight is 285 g/mol. The van der Waals surface area contributed by atoms with Gasteiger partial charge in [0.2, 0.25) is 11.8 Å². The maximum atomic E-state index is 12.2. The van der Waals surface area contributed by atoms with Crippen LogP contribution in [0.4, 0.5) is 5.69 Å². The van der Waals surface area contributed by atoms with Crippen molar-refractivity contribution in [2.75, 3.05) is 11.4 Å². The van der Waals surface area contributed by atoms with Crippen LogP contribution in [-0.4, -0.2) is 22.6 Å². The molecule has 5 nitrogen and oxygen atoms in total. The highest BCUT2D eigenvalue weighted by molar-refractivity contribution is 5.96. The third kappa shape index (κ3) is 2.68. The highest BCUT2D eigenvalue weighted by Gasteiger charge is 2.34. The van der Waals surface area contributed by atoms with E-state index in [-0.39, 0.29) is 11.8 Å². The Morgan fingerprint density at radius 3 is 2.62 bits per heavy atom. The van der Waals surface area contributed by atoms with E-state index in [1.807, 2.05) is 19.1 Å². The van der Waals surface area contributed by atoms with Gasteiger partial charge in [-0.2, -0.15) is 4.98 Å². The molecule has 0 saturated carbocycles. The van der Waals surface area contributed by atoms with Crippen molar-refractivity contribution < 1.29 is 9.32 Å². The van der Waals surface area contributed by atoms with Gasteiger partial charge in [0.25, 0.3) is 0 Å². The summed E-state index contributed by atoms with van der Waals surface area (Å²) in [6, 6.07) is 8.14. The zero-order valence-electron chi connectivity index (χ0n) is 12.4. The first-order valence-corrected chi connectivity index (χ1v) is 7.43. The molecule has 110 valence electrons. The van der Waals surface area contributed by atoms with Crippen molar-refractivity contribution in [3.63, 3.8) is 0 Å².